The molecule has 0 aliphatic rings. The van der Waals surface area contributed by atoms with Gasteiger partial charge in [-0.25, -0.2) is 4.79 Å². The van der Waals surface area contributed by atoms with Gasteiger partial charge in [-0.3, -0.25) is 4.79 Å². The third-order valence-corrected chi connectivity index (χ3v) is 3.82. The summed E-state index contributed by atoms with van der Waals surface area (Å²) < 4.78 is 42.1. The minimum atomic E-state index is -4.78. The van der Waals surface area contributed by atoms with E-state index in [0.29, 0.717) is 24.5 Å². The Morgan fingerprint density at radius 2 is 1.72 bits per heavy atom. The summed E-state index contributed by atoms with van der Waals surface area (Å²) in [5, 5.41) is 7.85. The van der Waals surface area contributed by atoms with Gasteiger partial charge < -0.3 is 25.3 Å². The van der Waals surface area contributed by atoms with Gasteiger partial charge in [0.1, 0.15) is 11.4 Å². The van der Waals surface area contributed by atoms with Gasteiger partial charge in [0, 0.05) is 25.0 Å². The average molecular weight is 412 g/mol. The number of ether oxygens (including phenoxy) is 1. The number of benzene rings is 1. The first kappa shape index (κ1) is 22.1. The van der Waals surface area contributed by atoms with Crippen molar-refractivity contribution in [1.29, 1.82) is 0 Å². The summed E-state index contributed by atoms with van der Waals surface area (Å²) in [5.41, 5.74) is 1.15. The van der Waals surface area contributed by atoms with Crippen molar-refractivity contribution in [1.82, 2.24) is 9.88 Å². The number of nitrogens with zero attached hydrogens (tertiary/aromatic N) is 1. The Morgan fingerprint density at radius 1 is 1.07 bits per heavy atom. The maximum atomic E-state index is 12.2. The van der Waals surface area contributed by atoms with Crippen LogP contribution < -0.4 is 20.7 Å². The van der Waals surface area contributed by atoms with Crippen molar-refractivity contribution >= 4 is 23.3 Å². The van der Waals surface area contributed by atoms with Gasteiger partial charge in [0.25, 0.3) is 5.91 Å². The third-order valence-electron chi connectivity index (χ3n) is 3.82. The van der Waals surface area contributed by atoms with Gasteiger partial charge >= 0.3 is 12.4 Å². The fourth-order valence-electron chi connectivity index (χ4n) is 2.57. The predicted octanol–water partition coefficient (Wildman–Crippen LogP) is 4.58. The second-order valence-electron chi connectivity index (χ2n) is 6.17. The van der Waals surface area contributed by atoms with Crippen molar-refractivity contribution in [2.45, 2.75) is 39.6 Å². The molecule has 158 valence electrons. The summed E-state index contributed by atoms with van der Waals surface area (Å²) in [6, 6.07) is 5.74. The smallest absolute Gasteiger partial charge is 0.406 e. The molecule has 0 spiro atoms. The van der Waals surface area contributed by atoms with Crippen LogP contribution in [0.25, 0.3) is 0 Å². The van der Waals surface area contributed by atoms with E-state index >= 15 is 0 Å². The van der Waals surface area contributed by atoms with E-state index in [9.17, 15) is 22.8 Å². The number of rotatable bonds is 8. The zero-order valence-electron chi connectivity index (χ0n) is 16.1. The molecule has 0 aliphatic heterocycles. The highest BCUT2D eigenvalue weighted by Crippen LogP contribution is 2.24. The number of hydrogen-bond donors (Lipinski definition) is 3. The van der Waals surface area contributed by atoms with E-state index in [4.69, 9.17) is 0 Å². The maximum Gasteiger partial charge on any atom is 0.573 e. The topological polar surface area (TPSA) is 84.4 Å². The van der Waals surface area contributed by atoms with Gasteiger partial charge in [-0.05, 0) is 43.7 Å². The molecule has 0 saturated carbocycles. The van der Waals surface area contributed by atoms with Crippen molar-refractivity contribution in [2.24, 2.45) is 0 Å². The summed E-state index contributed by atoms with van der Waals surface area (Å²) in [6.07, 6.45) is -1.29. The van der Waals surface area contributed by atoms with Gasteiger partial charge in [-0.2, -0.15) is 0 Å². The standard InChI is InChI=1S/C19H23F3N4O3/c1-3-5-10-26-12-14(11-16(26)17(27)23-4-2)25-18(28)24-13-6-8-15(9-7-13)29-19(20,21)22/h6-9,11-12H,3-5,10H2,1-2H3,(H,23,27)(H2,24,25,28). The van der Waals surface area contributed by atoms with Crippen molar-refractivity contribution in [3.05, 3.63) is 42.2 Å². The van der Waals surface area contributed by atoms with Crippen molar-refractivity contribution < 1.29 is 27.5 Å². The molecule has 1 aromatic carbocycles. The summed E-state index contributed by atoms with van der Waals surface area (Å²) in [6.45, 7) is 4.96. The third kappa shape index (κ3) is 7.05. The van der Waals surface area contributed by atoms with Crippen LogP contribution in [-0.2, 0) is 6.54 Å². The van der Waals surface area contributed by atoms with E-state index in [0.717, 1.165) is 25.0 Å². The molecule has 1 aromatic heterocycles. The van der Waals surface area contributed by atoms with Crippen LogP contribution in [0.2, 0.25) is 0 Å². The number of unbranched alkanes of at least 4 members (excludes halogenated alkanes) is 1. The zero-order valence-corrected chi connectivity index (χ0v) is 16.1. The Bertz CT molecular complexity index is 832. The molecule has 2 rings (SSSR count). The molecule has 3 N–H and O–H groups in total. The molecule has 0 unspecified atom stereocenters. The summed E-state index contributed by atoms with van der Waals surface area (Å²) in [7, 11) is 0. The molecular weight excluding hydrogens is 389 g/mol. The average Bonchev–Trinajstić information content (AvgIpc) is 3.03. The lowest BCUT2D eigenvalue weighted by atomic mass is 10.3. The number of halogens is 3. The lowest BCUT2D eigenvalue weighted by Crippen LogP contribution is -2.25. The first-order valence-electron chi connectivity index (χ1n) is 9.14. The van der Waals surface area contributed by atoms with E-state index in [1.807, 2.05) is 13.8 Å². The molecule has 2 aromatic rings. The molecule has 7 nitrogen and oxygen atoms in total. The van der Waals surface area contributed by atoms with Gasteiger partial charge in [0.05, 0.1) is 5.69 Å². The Hall–Kier alpha value is -3.17. The van der Waals surface area contributed by atoms with Gasteiger partial charge in [-0.15, -0.1) is 13.2 Å². The fourth-order valence-corrected chi connectivity index (χ4v) is 2.57. The van der Waals surface area contributed by atoms with Gasteiger partial charge in [0.15, 0.2) is 0 Å². The Morgan fingerprint density at radius 3 is 2.31 bits per heavy atom. The Balaban J connectivity index is 2.03. The number of carbonyl (C=O) groups excluding carboxylic acids is 2. The number of urea groups is 1. The lowest BCUT2D eigenvalue weighted by molar-refractivity contribution is -0.274. The number of nitrogens with one attached hydrogen (secondary N) is 3. The van der Waals surface area contributed by atoms with Crippen LogP contribution in [0.3, 0.4) is 0 Å². The van der Waals surface area contributed by atoms with Crippen molar-refractivity contribution in [3.8, 4) is 5.75 Å². The summed E-state index contributed by atoms with van der Waals surface area (Å²) in [5.74, 6) is -0.625. The highest BCUT2D eigenvalue weighted by molar-refractivity contribution is 6.01. The van der Waals surface area contributed by atoms with Crippen LogP contribution in [0.4, 0.5) is 29.3 Å². The van der Waals surface area contributed by atoms with E-state index < -0.39 is 12.4 Å². The van der Waals surface area contributed by atoms with Crippen LogP contribution in [0.1, 0.15) is 37.2 Å². The lowest BCUT2D eigenvalue weighted by Gasteiger charge is -2.10. The van der Waals surface area contributed by atoms with Crippen molar-refractivity contribution in [3.63, 3.8) is 0 Å². The SMILES string of the molecule is CCCCn1cc(NC(=O)Nc2ccc(OC(F)(F)F)cc2)cc1C(=O)NCC. The number of hydrogen-bond acceptors (Lipinski definition) is 3. The molecule has 29 heavy (non-hydrogen) atoms. The Kier molecular flexibility index (Phi) is 7.52. The zero-order chi connectivity index (χ0) is 21.4. The maximum absolute atomic E-state index is 12.2. The van der Waals surface area contributed by atoms with E-state index in [-0.39, 0.29) is 17.3 Å². The Labute approximate surface area is 166 Å². The molecule has 0 atom stereocenters. The normalized spacial score (nSPS) is 11.1. The molecule has 0 radical (unpaired) electrons. The van der Waals surface area contributed by atoms with E-state index in [2.05, 4.69) is 20.7 Å². The summed E-state index contributed by atoms with van der Waals surface area (Å²) in [4.78, 5) is 24.4. The van der Waals surface area contributed by atoms with Crippen LogP contribution in [0.15, 0.2) is 36.5 Å². The number of aromatic nitrogens is 1. The van der Waals surface area contributed by atoms with Gasteiger partial charge in [0.2, 0.25) is 0 Å². The molecule has 3 amide bonds. The molecule has 10 heteroatoms. The van der Waals surface area contributed by atoms with E-state index in [1.165, 1.54) is 12.1 Å². The quantitative estimate of drug-likeness (QED) is 0.593. The molecule has 0 aliphatic carbocycles. The van der Waals surface area contributed by atoms with Crippen LogP contribution >= 0.6 is 0 Å². The largest absolute Gasteiger partial charge is 0.573 e. The number of anilines is 2. The molecule has 0 saturated heterocycles. The summed E-state index contributed by atoms with van der Waals surface area (Å²) >= 11 is 0. The number of aryl methyl sites for hydroxylation is 1. The molecule has 0 bridgehead atoms. The predicted molar refractivity (Wildman–Crippen MR) is 103 cm³/mol. The van der Waals surface area contributed by atoms with Crippen LogP contribution in [0, 0.1) is 0 Å². The monoisotopic (exact) mass is 412 g/mol. The molecule has 0 fully saturated rings. The molecular formula is C19H23F3N4O3. The molecule has 1 heterocycles. The fraction of sp³-hybridized carbons (Fsp3) is 0.368. The van der Waals surface area contributed by atoms with Crippen LogP contribution in [0.5, 0.6) is 5.75 Å². The highest BCUT2D eigenvalue weighted by Gasteiger charge is 2.30. The second kappa shape index (κ2) is 9.85. The number of carbonyl (C=O) groups is 2. The first-order chi connectivity index (χ1) is 13.7. The minimum absolute atomic E-state index is 0.239. The van der Waals surface area contributed by atoms with Gasteiger partial charge in [-0.1, -0.05) is 13.3 Å². The second-order valence-corrected chi connectivity index (χ2v) is 6.17. The van der Waals surface area contributed by atoms with Crippen LogP contribution in [-0.4, -0.2) is 29.4 Å². The number of amides is 3. The number of alkyl halides is 3. The first-order valence-corrected chi connectivity index (χ1v) is 9.14. The van der Waals surface area contributed by atoms with Crippen molar-refractivity contribution in [2.75, 3.05) is 17.2 Å². The highest BCUT2D eigenvalue weighted by atomic mass is 19.4. The van der Waals surface area contributed by atoms with E-state index in [1.54, 1.807) is 16.8 Å². The minimum Gasteiger partial charge on any atom is -0.406 e.